The van der Waals surface area contributed by atoms with E-state index in [4.69, 9.17) is 15.6 Å². The zero-order chi connectivity index (χ0) is 14.7. The Labute approximate surface area is 118 Å². The van der Waals surface area contributed by atoms with Gasteiger partial charge in [0, 0.05) is 6.54 Å². The Kier molecular flexibility index (Phi) is 4.20. The number of carboxylic acids is 1. The number of aromatic carboxylic acids is 1. The van der Waals surface area contributed by atoms with Crippen molar-refractivity contribution < 1.29 is 24.2 Å². The number of hydrogen-bond acceptors (Lipinski definition) is 5. The summed E-state index contributed by atoms with van der Waals surface area (Å²) in [6.45, 7) is 0.555. The van der Waals surface area contributed by atoms with Crippen molar-refractivity contribution in [3.8, 4) is 0 Å². The second kappa shape index (κ2) is 5.88. The molecule has 1 aliphatic heterocycles. The molecule has 1 aromatic heterocycles. The van der Waals surface area contributed by atoms with Crippen LogP contribution in [0.4, 0.5) is 9.80 Å². The lowest BCUT2D eigenvalue weighted by Gasteiger charge is -2.33. The third-order valence-corrected chi connectivity index (χ3v) is 3.66. The number of nitrogens with zero attached hydrogens (tertiary/aromatic N) is 1. The van der Waals surface area contributed by atoms with Crippen LogP contribution in [-0.2, 0) is 9.53 Å². The molecule has 1 unspecified atom stereocenters. The molecule has 0 saturated carbocycles. The SMILES string of the molecule is NC(=O)C1COCCN1C(=O)Nc1sccc1C(=O)O. The summed E-state index contributed by atoms with van der Waals surface area (Å²) in [5.41, 5.74) is 5.22. The summed E-state index contributed by atoms with van der Waals surface area (Å²) in [5.74, 6) is -1.79. The third-order valence-electron chi connectivity index (χ3n) is 2.83. The smallest absolute Gasteiger partial charge is 0.338 e. The topological polar surface area (TPSA) is 122 Å². The monoisotopic (exact) mass is 299 g/mol. The van der Waals surface area contributed by atoms with Crippen molar-refractivity contribution in [2.75, 3.05) is 25.1 Å². The number of carbonyl (C=O) groups is 3. The minimum absolute atomic E-state index is 0.00670. The molecule has 4 N–H and O–H groups in total. The van der Waals surface area contributed by atoms with E-state index in [2.05, 4.69) is 5.32 Å². The molecule has 108 valence electrons. The minimum atomic E-state index is -1.13. The summed E-state index contributed by atoms with van der Waals surface area (Å²) < 4.78 is 5.11. The number of rotatable bonds is 3. The zero-order valence-corrected chi connectivity index (χ0v) is 11.2. The molecular formula is C11H13N3O5S. The minimum Gasteiger partial charge on any atom is -0.478 e. The van der Waals surface area contributed by atoms with E-state index in [0.717, 1.165) is 11.3 Å². The molecule has 1 fully saturated rings. The molecule has 0 aliphatic carbocycles. The Morgan fingerprint density at radius 3 is 2.90 bits per heavy atom. The predicted molar refractivity (Wildman–Crippen MR) is 70.8 cm³/mol. The summed E-state index contributed by atoms with van der Waals surface area (Å²) in [5, 5.41) is 13.2. The number of amides is 3. The molecular weight excluding hydrogens is 286 g/mol. The zero-order valence-electron chi connectivity index (χ0n) is 10.4. The molecule has 9 heteroatoms. The fraction of sp³-hybridized carbons (Fsp3) is 0.364. The maximum absolute atomic E-state index is 12.1. The predicted octanol–water partition coefficient (Wildman–Crippen LogP) is 0.164. The van der Waals surface area contributed by atoms with Crippen LogP contribution in [0.5, 0.6) is 0 Å². The number of hydrogen-bond donors (Lipinski definition) is 3. The van der Waals surface area contributed by atoms with Gasteiger partial charge in [0.1, 0.15) is 11.0 Å². The van der Waals surface area contributed by atoms with Gasteiger partial charge in [-0.2, -0.15) is 0 Å². The summed E-state index contributed by atoms with van der Waals surface area (Å²) in [7, 11) is 0. The average molecular weight is 299 g/mol. The largest absolute Gasteiger partial charge is 0.478 e. The van der Waals surface area contributed by atoms with Crippen LogP contribution in [0.1, 0.15) is 10.4 Å². The molecule has 2 rings (SSSR count). The van der Waals surface area contributed by atoms with Gasteiger partial charge >= 0.3 is 12.0 Å². The van der Waals surface area contributed by atoms with E-state index in [0.29, 0.717) is 6.61 Å². The van der Waals surface area contributed by atoms with Crippen LogP contribution < -0.4 is 11.1 Å². The number of nitrogens with one attached hydrogen (secondary N) is 1. The Bertz CT molecular complexity index is 544. The molecule has 1 aromatic rings. The van der Waals surface area contributed by atoms with Crippen LogP contribution in [0, 0.1) is 0 Å². The second-order valence-corrected chi connectivity index (χ2v) is 5.00. The van der Waals surface area contributed by atoms with Gasteiger partial charge < -0.3 is 20.5 Å². The number of carboxylic acid groups (broad SMARTS) is 1. The Morgan fingerprint density at radius 2 is 2.25 bits per heavy atom. The second-order valence-electron chi connectivity index (χ2n) is 4.09. The van der Waals surface area contributed by atoms with Gasteiger partial charge in [0.25, 0.3) is 0 Å². The van der Waals surface area contributed by atoms with E-state index in [9.17, 15) is 14.4 Å². The lowest BCUT2D eigenvalue weighted by atomic mass is 10.2. The Balaban J connectivity index is 2.12. The highest BCUT2D eigenvalue weighted by Gasteiger charge is 2.32. The van der Waals surface area contributed by atoms with Gasteiger partial charge in [0.05, 0.1) is 18.8 Å². The number of nitrogens with two attached hydrogens (primary N) is 1. The highest BCUT2D eigenvalue weighted by Crippen LogP contribution is 2.24. The van der Waals surface area contributed by atoms with Crippen molar-refractivity contribution in [2.45, 2.75) is 6.04 Å². The van der Waals surface area contributed by atoms with Gasteiger partial charge in [0.15, 0.2) is 0 Å². The maximum Gasteiger partial charge on any atom is 0.338 e. The number of thiophene rings is 1. The summed E-state index contributed by atoms with van der Waals surface area (Å²) in [4.78, 5) is 35.6. The van der Waals surface area contributed by atoms with Crippen molar-refractivity contribution in [3.05, 3.63) is 17.0 Å². The average Bonchev–Trinajstić information content (AvgIpc) is 2.87. The van der Waals surface area contributed by atoms with Gasteiger partial charge in [-0.1, -0.05) is 0 Å². The number of carbonyl (C=O) groups excluding carboxylic acids is 2. The molecule has 1 aliphatic rings. The number of morpholine rings is 1. The molecule has 0 aromatic carbocycles. The number of anilines is 1. The van der Waals surface area contributed by atoms with E-state index in [1.54, 1.807) is 5.38 Å². The fourth-order valence-corrected chi connectivity index (χ4v) is 2.59. The van der Waals surface area contributed by atoms with Crippen molar-refractivity contribution in [1.82, 2.24) is 4.90 Å². The van der Waals surface area contributed by atoms with Crippen LogP contribution in [0.25, 0.3) is 0 Å². The van der Waals surface area contributed by atoms with Gasteiger partial charge in [-0.25, -0.2) is 9.59 Å². The van der Waals surface area contributed by atoms with Crippen molar-refractivity contribution in [1.29, 1.82) is 0 Å². The highest BCUT2D eigenvalue weighted by molar-refractivity contribution is 7.14. The Hall–Kier alpha value is -2.13. The lowest BCUT2D eigenvalue weighted by Crippen LogP contribution is -2.55. The first-order valence-corrected chi connectivity index (χ1v) is 6.64. The number of urea groups is 1. The summed E-state index contributed by atoms with van der Waals surface area (Å²) in [6, 6.07) is -0.0212. The van der Waals surface area contributed by atoms with Crippen LogP contribution in [0.15, 0.2) is 11.4 Å². The lowest BCUT2D eigenvalue weighted by molar-refractivity contribution is -0.126. The van der Waals surface area contributed by atoms with Crippen molar-refractivity contribution in [3.63, 3.8) is 0 Å². The molecule has 0 bridgehead atoms. The van der Waals surface area contributed by atoms with E-state index in [1.165, 1.54) is 11.0 Å². The van der Waals surface area contributed by atoms with Gasteiger partial charge in [-0.05, 0) is 11.4 Å². The van der Waals surface area contributed by atoms with Crippen molar-refractivity contribution >= 4 is 34.2 Å². The van der Waals surface area contributed by atoms with Crippen LogP contribution in [0.3, 0.4) is 0 Å². The van der Waals surface area contributed by atoms with E-state index < -0.39 is 23.9 Å². The molecule has 0 spiro atoms. The molecule has 2 heterocycles. The molecule has 3 amide bonds. The quantitative estimate of drug-likeness (QED) is 0.734. The van der Waals surface area contributed by atoms with Gasteiger partial charge in [0.2, 0.25) is 5.91 Å². The summed E-state index contributed by atoms with van der Waals surface area (Å²) >= 11 is 1.09. The third kappa shape index (κ3) is 2.89. The molecule has 0 radical (unpaired) electrons. The molecule has 20 heavy (non-hydrogen) atoms. The van der Waals surface area contributed by atoms with E-state index >= 15 is 0 Å². The molecule has 1 atom stereocenters. The van der Waals surface area contributed by atoms with Crippen LogP contribution in [0.2, 0.25) is 0 Å². The molecule has 8 nitrogen and oxygen atoms in total. The number of ether oxygens (including phenoxy) is 1. The first kappa shape index (κ1) is 14.3. The first-order valence-electron chi connectivity index (χ1n) is 5.76. The van der Waals surface area contributed by atoms with Crippen LogP contribution in [-0.4, -0.2) is 53.7 Å². The molecule has 1 saturated heterocycles. The summed E-state index contributed by atoms with van der Waals surface area (Å²) in [6.07, 6.45) is 0. The van der Waals surface area contributed by atoms with Gasteiger partial charge in [-0.15, -0.1) is 11.3 Å². The van der Waals surface area contributed by atoms with Crippen LogP contribution >= 0.6 is 11.3 Å². The van der Waals surface area contributed by atoms with E-state index in [1.807, 2.05) is 0 Å². The first-order chi connectivity index (χ1) is 9.50. The number of primary amides is 1. The standard InChI is InChI=1S/C11H13N3O5S/c12-8(15)7-5-19-3-2-14(7)11(18)13-9-6(10(16)17)1-4-20-9/h1,4,7H,2-3,5H2,(H2,12,15)(H,13,18)(H,16,17). The normalized spacial score (nSPS) is 18.6. The Morgan fingerprint density at radius 1 is 1.50 bits per heavy atom. The van der Waals surface area contributed by atoms with Crippen molar-refractivity contribution in [2.24, 2.45) is 5.73 Å². The van der Waals surface area contributed by atoms with Gasteiger partial charge in [-0.3, -0.25) is 10.1 Å². The fourth-order valence-electron chi connectivity index (χ4n) is 1.83. The highest BCUT2D eigenvalue weighted by atomic mass is 32.1. The van der Waals surface area contributed by atoms with E-state index in [-0.39, 0.29) is 23.7 Å². The maximum atomic E-state index is 12.1.